The van der Waals surface area contributed by atoms with Crippen molar-refractivity contribution in [1.29, 1.82) is 0 Å². The molecule has 144 valence electrons. The molecule has 0 unspecified atom stereocenters. The number of fused-ring (bicyclic) bond motifs is 1. The van der Waals surface area contributed by atoms with Gasteiger partial charge < -0.3 is 5.11 Å². The quantitative estimate of drug-likeness (QED) is 0.689. The molecule has 2 aromatic carbocycles. The van der Waals surface area contributed by atoms with E-state index >= 15 is 0 Å². The van der Waals surface area contributed by atoms with Crippen molar-refractivity contribution in [3.05, 3.63) is 70.0 Å². The summed E-state index contributed by atoms with van der Waals surface area (Å²) in [4.78, 5) is 17.4. The average molecular weight is 396 g/mol. The first-order chi connectivity index (χ1) is 13.4. The third-order valence-corrected chi connectivity index (χ3v) is 6.77. The molecule has 1 atom stereocenters. The molecule has 28 heavy (non-hydrogen) atoms. The molecule has 1 saturated heterocycles. The Balaban J connectivity index is 1.90. The van der Waals surface area contributed by atoms with Crippen molar-refractivity contribution in [3.63, 3.8) is 0 Å². The number of rotatable bonds is 3. The van der Waals surface area contributed by atoms with Crippen LogP contribution in [0.1, 0.15) is 17.5 Å². The fourth-order valence-corrected chi connectivity index (χ4v) is 5.13. The minimum atomic E-state index is -3.05. The van der Waals surface area contributed by atoms with Gasteiger partial charge in [0.2, 0.25) is 5.88 Å². The van der Waals surface area contributed by atoms with Crippen LogP contribution in [0.3, 0.4) is 0 Å². The number of hydrogen-bond donors (Lipinski definition) is 1. The van der Waals surface area contributed by atoms with Crippen LogP contribution in [0.5, 0.6) is 5.88 Å². The number of nitrogens with zero attached hydrogens (tertiary/aromatic N) is 2. The van der Waals surface area contributed by atoms with Gasteiger partial charge in [-0.05, 0) is 31.5 Å². The van der Waals surface area contributed by atoms with Crippen LogP contribution in [0.4, 0.5) is 0 Å². The number of aliphatic imine (C=N–C) groups is 1. The van der Waals surface area contributed by atoms with E-state index in [0.717, 1.165) is 5.56 Å². The lowest BCUT2D eigenvalue weighted by atomic mass is 10.1. The predicted octanol–water partition coefficient (Wildman–Crippen LogP) is 2.61. The van der Waals surface area contributed by atoms with Gasteiger partial charge >= 0.3 is 0 Å². The van der Waals surface area contributed by atoms with E-state index in [2.05, 4.69) is 4.99 Å². The van der Waals surface area contributed by atoms with Gasteiger partial charge in [-0.1, -0.05) is 35.9 Å². The zero-order valence-electron chi connectivity index (χ0n) is 15.4. The summed E-state index contributed by atoms with van der Waals surface area (Å²) in [5.74, 6) is -0.0677. The second-order valence-corrected chi connectivity index (χ2v) is 9.32. The summed E-state index contributed by atoms with van der Waals surface area (Å²) in [7, 11) is -3.05. The van der Waals surface area contributed by atoms with Crippen molar-refractivity contribution in [3.8, 4) is 11.6 Å². The van der Waals surface area contributed by atoms with E-state index < -0.39 is 9.84 Å². The molecule has 1 aromatic heterocycles. The molecule has 1 aliphatic rings. The lowest BCUT2D eigenvalue weighted by Crippen LogP contribution is -2.20. The highest BCUT2D eigenvalue weighted by molar-refractivity contribution is 7.91. The first-order valence-corrected chi connectivity index (χ1v) is 10.9. The maximum Gasteiger partial charge on any atom is 0.265 e. The molecule has 0 amide bonds. The zero-order valence-corrected chi connectivity index (χ0v) is 16.2. The molecule has 0 saturated carbocycles. The Hall–Kier alpha value is -2.93. The second kappa shape index (κ2) is 6.91. The molecule has 1 aliphatic heterocycles. The number of benzene rings is 2. The molecule has 3 aromatic rings. The topological polar surface area (TPSA) is 88.7 Å². The minimum Gasteiger partial charge on any atom is -0.494 e. The maximum absolute atomic E-state index is 13.0. The summed E-state index contributed by atoms with van der Waals surface area (Å²) in [6.07, 6.45) is 1.96. The Kier molecular flexibility index (Phi) is 4.55. The maximum atomic E-state index is 13.0. The average Bonchev–Trinajstić information content (AvgIpc) is 3.02. The van der Waals surface area contributed by atoms with Crippen LogP contribution in [0.2, 0.25) is 0 Å². The van der Waals surface area contributed by atoms with Crippen LogP contribution >= 0.6 is 0 Å². The third-order valence-electron chi connectivity index (χ3n) is 5.02. The summed E-state index contributed by atoms with van der Waals surface area (Å²) in [6, 6.07) is 14.0. The fourth-order valence-electron chi connectivity index (χ4n) is 3.50. The highest BCUT2D eigenvalue weighted by atomic mass is 32.2. The molecular formula is C21H20N2O4S. The van der Waals surface area contributed by atoms with Gasteiger partial charge in [-0.2, -0.15) is 0 Å². The van der Waals surface area contributed by atoms with E-state index in [4.69, 9.17) is 0 Å². The van der Waals surface area contributed by atoms with E-state index in [1.807, 2.05) is 19.1 Å². The van der Waals surface area contributed by atoms with E-state index in [-0.39, 0.29) is 29.0 Å². The summed E-state index contributed by atoms with van der Waals surface area (Å²) >= 11 is 0. The van der Waals surface area contributed by atoms with Crippen molar-refractivity contribution in [2.45, 2.75) is 19.4 Å². The lowest BCUT2D eigenvalue weighted by molar-refractivity contribution is 0.436. The molecule has 0 aliphatic carbocycles. The van der Waals surface area contributed by atoms with Crippen LogP contribution in [0.25, 0.3) is 16.5 Å². The molecular weight excluding hydrogens is 376 g/mol. The van der Waals surface area contributed by atoms with Gasteiger partial charge in [0.25, 0.3) is 5.56 Å². The monoisotopic (exact) mass is 396 g/mol. The highest BCUT2D eigenvalue weighted by Gasteiger charge is 2.27. The zero-order chi connectivity index (χ0) is 19.9. The third kappa shape index (κ3) is 3.33. The van der Waals surface area contributed by atoms with Gasteiger partial charge in [0.15, 0.2) is 9.84 Å². The molecule has 4 rings (SSSR count). The van der Waals surface area contributed by atoms with Crippen molar-refractivity contribution in [2.24, 2.45) is 4.99 Å². The second-order valence-electron chi connectivity index (χ2n) is 7.09. The Morgan fingerprint density at radius 1 is 1.11 bits per heavy atom. The number of sulfone groups is 1. The van der Waals surface area contributed by atoms with Gasteiger partial charge in [0, 0.05) is 17.0 Å². The summed E-state index contributed by atoms with van der Waals surface area (Å²) in [6.45, 7) is 1.94. The first kappa shape index (κ1) is 18.4. The molecule has 1 N–H and O–H groups in total. The standard InChI is InChI=1S/C21H20N2O4S/c1-14-6-8-16(9-7-14)23-20(24)18-5-3-2-4-17(18)19(21(23)25)12-22-15-10-11-28(26,27)13-15/h2-9,12,15,25H,10-11,13H2,1H3/t15-/m1/s1. The smallest absolute Gasteiger partial charge is 0.265 e. The predicted molar refractivity (Wildman–Crippen MR) is 111 cm³/mol. The van der Waals surface area contributed by atoms with Crippen LogP contribution < -0.4 is 5.56 Å². The Bertz CT molecular complexity index is 1240. The minimum absolute atomic E-state index is 0.0137. The highest BCUT2D eigenvalue weighted by Crippen LogP contribution is 2.26. The van der Waals surface area contributed by atoms with Gasteiger partial charge in [-0.15, -0.1) is 0 Å². The summed E-state index contributed by atoms with van der Waals surface area (Å²) in [5, 5.41) is 12.0. The lowest BCUT2D eigenvalue weighted by Gasteiger charge is -2.14. The number of aryl methyl sites for hydroxylation is 1. The van der Waals surface area contributed by atoms with E-state index in [1.165, 1.54) is 10.8 Å². The van der Waals surface area contributed by atoms with Crippen LogP contribution in [-0.4, -0.2) is 41.9 Å². The van der Waals surface area contributed by atoms with Crippen molar-refractivity contribution >= 4 is 26.8 Å². The van der Waals surface area contributed by atoms with E-state index in [1.54, 1.807) is 36.4 Å². The largest absolute Gasteiger partial charge is 0.494 e. The van der Waals surface area contributed by atoms with Crippen LogP contribution in [-0.2, 0) is 9.84 Å². The Labute approximate surface area is 162 Å². The molecule has 0 spiro atoms. The molecule has 2 heterocycles. The number of aromatic nitrogens is 1. The molecule has 7 heteroatoms. The normalized spacial score (nSPS) is 18.8. The molecule has 6 nitrogen and oxygen atoms in total. The van der Waals surface area contributed by atoms with Crippen molar-refractivity contribution in [1.82, 2.24) is 4.57 Å². The summed E-state index contributed by atoms with van der Waals surface area (Å²) in [5.41, 5.74) is 1.68. The summed E-state index contributed by atoms with van der Waals surface area (Å²) < 4.78 is 24.6. The SMILES string of the molecule is Cc1ccc(-n2c(O)c(C=N[C@@H]3CCS(=O)(=O)C3)c3ccccc3c2=O)cc1. The fraction of sp³-hybridized carbons (Fsp3) is 0.238. The van der Waals surface area contributed by atoms with Gasteiger partial charge in [-0.25, -0.2) is 13.0 Å². The number of aromatic hydroxyl groups is 1. The van der Waals surface area contributed by atoms with Gasteiger partial charge in [0.05, 0.1) is 28.8 Å². The molecule has 0 radical (unpaired) electrons. The first-order valence-electron chi connectivity index (χ1n) is 9.03. The van der Waals surface area contributed by atoms with E-state index in [0.29, 0.717) is 28.4 Å². The Morgan fingerprint density at radius 2 is 1.79 bits per heavy atom. The van der Waals surface area contributed by atoms with Gasteiger partial charge in [-0.3, -0.25) is 9.79 Å². The molecule has 1 fully saturated rings. The number of hydrogen-bond acceptors (Lipinski definition) is 5. The van der Waals surface area contributed by atoms with Crippen LogP contribution in [0.15, 0.2) is 58.3 Å². The Morgan fingerprint density at radius 3 is 2.43 bits per heavy atom. The van der Waals surface area contributed by atoms with Gasteiger partial charge in [0.1, 0.15) is 0 Å². The van der Waals surface area contributed by atoms with Crippen molar-refractivity contribution in [2.75, 3.05) is 11.5 Å². The number of pyridine rings is 1. The van der Waals surface area contributed by atoms with E-state index in [9.17, 15) is 18.3 Å². The molecule has 0 bridgehead atoms. The van der Waals surface area contributed by atoms with Crippen molar-refractivity contribution < 1.29 is 13.5 Å². The van der Waals surface area contributed by atoms with Crippen LogP contribution in [0, 0.1) is 6.92 Å².